The summed E-state index contributed by atoms with van der Waals surface area (Å²) >= 11 is 0. The zero-order valence-corrected chi connectivity index (χ0v) is 6.87. The average molecular weight is 162 g/mol. The Morgan fingerprint density at radius 1 is 1.50 bits per heavy atom. The van der Waals surface area contributed by atoms with E-state index in [1.165, 1.54) is 0 Å². The van der Waals surface area contributed by atoms with Crippen LogP contribution in [-0.2, 0) is 6.42 Å². The normalized spacial score (nSPS) is 10.8. The van der Waals surface area contributed by atoms with Crippen LogP contribution in [0.2, 0.25) is 0 Å². The van der Waals surface area contributed by atoms with E-state index in [0.717, 1.165) is 28.8 Å². The summed E-state index contributed by atoms with van der Waals surface area (Å²) in [6.45, 7) is 2.03. The minimum atomic E-state index is 0.750. The lowest BCUT2D eigenvalue weighted by atomic mass is 10.2. The van der Waals surface area contributed by atoms with Crippen LogP contribution >= 0.6 is 0 Å². The number of nitrogens with zero attached hydrogens (tertiary/aromatic N) is 1. The highest BCUT2D eigenvalue weighted by Crippen LogP contribution is 2.20. The molecule has 2 rings (SSSR count). The summed E-state index contributed by atoms with van der Waals surface area (Å²) in [6, 6.07) is 5.59. The molecule has 12 heavy (non-hydrogen) atoms. The van der Waals surface area contributed by atoms with Crippen molar-refractivity contribution in [3.8, 4) is 0 Å². The van der Waals surface area contributed by atoms with Crippen molar-refractivity contribution in [2.75, 3.05) is 5.73 Å². The third-order valence-electron chi connectivity index (χ3n) is 1.90. The fourth-order valence-corrected chi connectivity index (χ4v) is 1.27. The Hall–Kier alpha value is -1.51. The number of hydrogen-bond acceptors (Lipinski definition) is 3. The van der Waals surface area contributed by atoms with Crippen molar-refractivity contribution in [2.24, 2.45) is 0 Å². The van der Waals surface area contributed by atoms with Gasteiger partial charge in [0.15, 0.2) is 0 Å². The van der Waals surface area contributed by atoms with E-state index in [4.69, 9.17) is 10.3 Å². The Morgan fingerprint density at radius 2 is 2.33 bits per heavy atom. The lowest BCUT2D eigenvalue weighted by Gasteiger charge is -1.91. The van der Waals surface area contributed by atoms with Crippen molar-refractivity contribution >= 4 is 16.6 Å². The summed E-state index contributed by atoms with van der Waals surface area (Å²) in [4.78, 5) is 0. The molecule has 0 saturated heterocycles. The molecule has 0 aliphatic carbocycles. The Morgan fingerprint density at radius 3 is 3.08 bits per heavy atom. The fourth-order valence-electron chi connectivity index (χ4n) is 1.27. The third-order valence-corrected chi connectivity index (χ3v) is 1.90. The monoisotopic (exact) mass is 162 g/mol. The highest BCUT2D eigenvalue weighted by atomic mass is 16.5. The van der Waals surface area contributed by atoms with Gasteiger partial charge in [0, 0.05) is 17.5 Å². The molecule has 0 fully saturated rings. The van der Waals surface area contributed by atoms with E-state index >= 15 is 0 Å². The molecule has 1 aromatic heterocycles. The van der Waals surface area contributed by atoms with Gasteiger partial charge in [-0.15, -0.1) is 0 Å². The third kappa shape index (κ3) is 0.942. The molecule has 62 valence electrons. The smallest absolute Gasteiger partial charge is 0.144 e. The number of fused-ring (bicyclic) bond motifs is 1. The first-order chi connectivity index (χ1) is 5.81. The van der Waals surface area contributed by atoms with Crippen LogP contribution in [0.25, 0.3) is 10.9 Å². The van der Waals surface area contributed by atoms with Crippen LogP contribution in [0.15, 0.2) is 22.7 Å². The van der Waals surface area contributed by atoms with Crippen molar-refractivity contribution in [1.82, 2.24) is 5.16 Å². The minimum absolute atomic E-state index is 0.750. The highest BCUT2D eigenvalue weighted by molar-refractivity contribution is 5.83. The van der Waals surface area contributed by atoms with E-state index < -0.39 is 0 Å². The number of rotatable bonds is 1. The second-order valence-corrected chi connectivity index (χ2v) is 2.74. The lowest BCUT2D eigenvalue weighted by molar-refractivity contribution is 0.395. The van der Waals surface area contributed by atoms with Crippen molar-refractivity contribution in [1.29, 1.82) is 0 Å². The van der Waals surface area contributed by atoms with E-state index in [2.05, 4.69) is 5.16 Å². The van der Waals surface area contributed by atoms with Gasteiger partial charge in [-0.25, -0.2) is 0 Å². The zero-order valence-electron chi connectivity index (χ0n) is 6.87. The maximum absolute atomic E-state index is 5.64. The molecule has 3 heteroatoms. The molecule has 0 spiro atoms. The molecule has 0 atom stereocenters. The molecule has 0 amide bonds. The number of aromatic nitrogens is 1. The van der Waals surface area contributed by atoms with Gasteiger partial charge in [-0.05, 0) is 18.2 Å². The molecule has 0 unspecified atom stereocenters. The van der Waals surface area contributed by atoms with Gasteiger partial charge in [-0.1, -0.05) is 12.1 Å². The molecule has 1 heterocycles. The van der Waals surface area contributed by atoms with Gasteiger partial charge in [-0.2, -0.15) is 0 Å². The number of anilines is 1. The summed E-state index contributed by atoms with van der Waals surface area (Å²) in [5, 5.41) is 4.93. The van der Waals surface area contributed by atoms with Gasteiger partial charge in [0.25, 0.3) is 0 Å². The van der Waals surface area contributed by atoms with Gasteiger partial charge in [0.1, 0.15) is 11.3 Å². The van der Waals surface area contributed by atoms with E-state index in [-0.39, 0.29) is 0 Å². The average Bonchev–Trinajstić information content (AvgIpc) is 2.46. The van der Waals surface area contributed by atoms with Gasteiger partial charge >= 0.3 is 0 Å². The summed E-state index contributed by atoms with van der Waals surface area (Å²) in [6.07, 6.45) is 0.847. The standard InChI is InChI=1S/C9H10N2O/c1-2-9-7-5-6(10)3-4-8(7)11-12-9/h3-5H,2,10H2,1H3. The second kappa shape index (κ2) is 2.52. The Labute approximate surface area is 70.1 Å². The van der Waals surface area contributed by atoms with Gasteiger partial charge in [-0.3, -0.25) is 0 Å². The number of aryl methyl sites for hydroxylation is 1. The molecule has 0 bridgehead atoms. The molecular formula is C9H10N2O. The molecule has 1 aromatic carbocycles. The predicted octanol–water partition coefficient (Wildman–Crippen LogP) is 1.97. The fraction of sp³-hybridized carbons (Fsp3) is 0.222. The first kappa shape index (κ1) is 7.16. The zero-order chi connectivity index (χ0) is 8.55. The molecular weight excluding hydrogens is 152 g/mol. The number of nitrogen functional groups attached to an aromatic ring is 1. The van der Waals surface area contributed by atoms with Crippen LogP contribution < -0.4 is 5.73 Å². The van der Waals surface area contributed by atoms with Gasteiger partial charge in [0.05, 0.1) is 0 Å². The molecule has 0 aliphatic rings. The maximum atomic E-state index is 5.64. The maximum Gasteiger partial charge on any atom is 0.144 e. The first-order valence-electron chi connectivity index (χ1n) is 3.95. The van der Waals surface area contributed by atoms with Crippen LogP contribution in [0.5, 0.6) is 0 Å². The lowest BCUT2D eigenvalue weighted by Crippen LogP contribution is -1.83. The molecule has 0 radical (unpaired) electrons. The number of hydrogen-bond donors (Lipinski definition) is 1. The minimum Gasteiger partial charge on any atom is -0.399 e. The van der Waals surface area contributed by atoms with E-state index in [9.17, 15) is 0 Å². The van der Waals surface area contributed by atoms with Crippen LogP contribution in [0, 0.1) is 0 Å². The Kier molecular flexibility index (Phi) is 1.50. The summed E-state index contributed by atoms with van der Waals surface area (Å²) < 4.78 is 5.11. The SMILES string of the molecule is CCc1onc2ccc(N)cc12. The Bertz CT molecular complexity index is 406. The largest absolute Gasteiger partial charge is 0.399 e. The van der Waals surface area contributed by atoms with Gasteiger partial charge in [0.2, 0.25) is 0 Å². The summed E-state index contributed by atoms with van der Waals surface area (Å²) in [7, 11) is 0. The topological polar surface area (TPSA) is 52.0 Å². The summed E-state index contributed by atoms with van der Waals surface area (Å²) in [5.41, 5.74) is 7.26. The van der Waals surface area contributed by atoms with E-state index in [1.54, 1.807) is 0 Å². The number of benzene rings is 1. The van der Waals surface area contributed by atoms with Crippen molar-refractivity contribution in [3.05, 3.63) is 24.0 Å². The van der Waals surface area contributed by atoms with Crippen molar-refractivity contribution in [2.45, 2.75) is 13.3 Å². The molecule has 2 aromatic rings. The van der Waals surface area contributed by atoms with Crippen molar-refractivity contribution < 1.29 is 4.52 Å². The van der Waals surface area contributed by atoms with E-state index in [0.29, 0.717) is 0 Å². The predicted molar refractivity (Wildman–Crippen MR) is 47.8 cm³/mol. The van der Waals surface area contributed by atoms with Crippen LogP contribution in [-0.4, -0.2) is 5.16 Å². The second-order valence-electron chi connectivity index (χ2n) is 2.74. The van der Waals surface area contributed by atoms with Gasteiger partial charge < -0.3 is 10.3 Å². The number of nitrogens with two attached hydrogens (primary N) is 1. The highest BCUT2D eigenvalue weighted by Gasteiger charge is 2.05. The first-order valence-corrected chi connectivity index (χ1v) is 3.95. The molecule has 0 aliphatic heterocycles. The van der Waals surface area contributed by atoms with E-state index in [1.807, 2.05) is 25.1 Å². The van der Waals surface area contributed by atoms with Crippen LogP contribution in [0.4, 0.5) is 5.69 Å². The Balaban J connectivity index is 2.75. The van der Waals surface area contributed by atoms with Crippen molar-refractivity contribution in [3.63, 3.8) is 0 Å². The van der Waals surface area contributed by atoms with Crippen LogP contribution in [0.3, 0.4) is 0 Å². The quantitative estimate of drug-likeness (QED) is 0.652. The molecule has 0 saturated carbocycles. The molecule has 3 nitrogen and oxygen atoms in total. The van der Waals surface area contributed by atoms with Crippen LogP contribution in [0.1, 0.15) is 12.7 Å². The molecule has 2 N–H and O–H groups in total. The summed E-state index contributed by atoms with van der Waals surface area (Å²) in [5.74, 6) is 0.900.